The van der Waals surface area contributed by atoms with Gasteiger partial charge < -0.3 is 0 Å². The number of pyridine rings is 1. The fourth-order valence-electron chi connectivity index (χ4n) is 1.72. The molecule has 18 heavy (non-hydrogen) atoms. The summed E-state index contributed by atoms with van der Waals surface area (Å²) >= 11 is 0.895. The molecule has 88 valence electrons. The molecule has 0 aliphatic carbocycles. The minimum absolute atomic E-state index is 0.341. The standard InChI is InChI=1S/C13H8N2O2S/c16-12-11(18-13(17)15-12)7-9-6-5-8-3-1-2-4-10(8)14-9/h1-7H,(H,15,16,17)/b11-7-. The van der Waals surface area contributed by atoms with Crippen molar-refractivity contribution < 1.29 is 9.59 Å². The first kappa shape index (κ1) is 11.0. The molecular formula is C13H8N2O2S. The van der Waals surface area contributed by atoms with Gasteiger partial charge >= 0.3 is 0 Å². The average Bonchev–Trinajstić information content (AvgIpc) is 2.68. The largest absolute Gasteiger partial charge is 0.290 e. The van der Waals surface area contributed by atoms with Gasteiger partial charge in [0.2, 0.25) is 0 Å². The van der Waals surface area contributed by atoms with Crippen LogP contribution >= 0.6 is 11.8 Å². The molecule has 0 unspecified atom stereocenters. The Morgan fingerprint density at radius 3 is 2.72 bits per heavy atom. The Morgan fingerprint density at radius 1 is 1.11 bits per heavy atom. The molecule has 5 heteroatoms. The van der Waals surface area contributed by atoms with E-state index < -0.39 is 0 Å². The Labute approximate surface area is 107 Å². The Hall–Kier alpha value is -2.14. The summed E-state index contributed by atoms with van der Waals surface area (Å²) in [6, 6.07) is 11.5. The molecule has 1 aromatic heterocycles. The van der Waals surface area contributed by atoms with Crippen molar-refractivity contribution in [2.45, 2.75) is 0 Å². The zero-order chi connectivity index (χ0) is 12.5. The molecule has 0 saturated carbocycles. The average molecular weight is 256 g/mol. The number of imide groups is 1. The third kappa shape index (κ3) is 2.00. The lowest BCUT2D eigenvalue weighted by molar-refractivity contribution is -0.115. The van der Waals surface area contributed by atoms with Crippen LogP contribution in [0.15, 0.2) is 41.3 Å². The summed E-state index contributed by atoms with van der Waals surface area (Å²) in [6.45, 7) is 0. The number of fused-ring (bicyclic) bond motifs is 1. The maximum absolute atomic E-state index is 11.4. The highest BCUT2D eigenvalue weighted by molar-refractivity contribution is 8.18. The predicted octanol–water partition coefficient (Wildman–Crippen LogP) is 2.56. The molecule has 1 aromatic carbocycles. The normalized spacial score (nSPS) is 17.4. The van der Waals surface area contributed by atoms with Crippen LogP contribution in [0.1, 0.15) is 5.69 Å². The molecule has 0 radical (unpaired) electrons. The molecule has 1 fully saturated rings. The number of aromatic nitrogens is 1. The highest BCUT2D eigenvalue weighted by Crippen LogP contribution is 2.25. The summed E-state index contributed by atoms with van der Waals surface area (Å²) in [5.74, 6) is -0.361. The van der Waals surface area contributed by atoms with Crippen molar-refractivity contribution in [2.75, 3.05) is 0 Å². The minimum atomic E-state index is -0.361. The zero-order valence-electron chi connectivity index (χ0n) is 9.21. The van der Waals surface area contributed by atoms with Gasteiger partial charge in [0.05, 0.1) is 16.1 Å². The van der Waals surface area contributed by atoms with Crippen molar-refractivity contribution in [3.05, 3.63) is 47.0 Å². The molecule has 2 heterocycles. The van der Waals surface area contributed by atoms with Crippen molar-refractivity contribution >= 4 is 39.9 Å². The first-order valence-corrected chi connectivity index (χ1v) is 6.15. The van der Waals surface area contributed by atoms with Crippen LogP contribution in [0, 0.1) is 0 Å². The van der Waals surface area contributed by atoms with E-state index in [1.807, 2.05) is 36.4 Å². The number of nitrogens with zero attached hydrogens (tertiary/aromatic N) is 1. The highest BCUT2D eigenvalue weighted by atomic mass is 32.2. The molecule has 3 rings (SSSR count). The van der Waals surface area contributed by atoms with Gasteiger partial charge in [-0.15, -0.1) is 0 Å². The molecule has 0 spiro atoms. The smallest absolute Gasteiger partial charge is 0.282 e. The number of benzene rings is 1. The van der Waals surface area contributed by atoms with Crippen LogP contribution in [0.3, 0.4) is 0 Å². The van der Waals surface area contributed by atoms with Gasteiger partial charge in [-0.05, 0) is 30.0 Å². The number of carbonyl (C=O) groups excluding carboxylic acids is 2. The van der Waals surface area contributed by atoms with E-state index in [0.29, 0.717) is 10.6 Å². The highest BCUT2D eigenvalue weighted by Gasteiger charge is 2.25. The van der Waals surface area contributed by atoms with Gasteiger partial charge in [-0.1, -0.05) is 24.3 Å². The monoisotopic (exact) mass is 256 g/mol. The predicted molar refractivity (Wildman–Crippen MR) is 70.8 cm³/mol. The van der Waals surface area contributed by atoms with Crippen LogP contribution in [0.25, 0.3) is 17.0 Å². The minimum Gasteiger partial charge on any atom is -0.282 e. The maximum atomic E-state index is 11.4. The topological polar surface area (TPSA) is 59.1 Å². The molecule has 1 aliphatic heterocycles. The van der Waals surface area contributed by atoms with E-state index in [4.69, 9.17) is 0 Å². The Morgan fingerprint density at radius 2 is 1.94 bits per heavy atom. The Balaban J connectivity index is 2.02. The maximum Gasteiger partial charge on any atom is 0.290 e. The zero-order valence-corrected chi connectivity index (χ0v) is 10.0. The number of rotatable bonds is 1. The summed E-state index contributed by atoms with van der Waals surface area (Å²) in [5, 5.41) is 2.91. The van der Waals surface area contributed by atoms with Gasteiger partial charge in [-0.3, -0.25) is 14.9 Å². The van der Waals surface area contributed by atoms with E-state index in [1.165, 1.54) is 0 Å². The van der Waals surface area contributed by atoms with Crippen LogP contribution in [-0.4, -0.2) is 16.1 Å². The van der Waals surface area contributed by atoms with Crippen LogP contribution < -0.4 is 5.32 Å². The third-order valence-electron chi connectivity index (χ3n) is 2.54. The van der Waals surface area contributed by atoms with Gasteiger partial charge in [-0.25, -0.2) is 4.98 Å². The van der Waals surface area contributed by atoms with E-state index in [0.717, 1.165) is 22.7 Å². The first-order valence-electron chi connectivity index (χ1n) is 5.33. The first-order chi connectivity index (χ1) is 8.72. The molecule has 1 N–H and O–H groups in total. The second-order valence-corrected chi connectivity index (χ2v) is 4.80. The van der Waals surface area contributed by atoms with Gasteiger partial charge in [-0.2, -0.15) is 0 Å². The quantitative estimate of drug-likeness (QED) is 0.797. The molecule has 0 atom stereocenters. The third-order valence-corrected chi connectivity index (χ3v) is 3.35. The van der Waals surface area contributed by atoms with Crippen LogP contribution in [-0.2, 0) is 4.79 Å². The van der Waals surface area contributed by atoms with E-state index in [9.17, 15) is 9.59 Å². The molecule has 0 bridgehead atoms. The van der Waals surface area contributed by atoms with E-state index in [-0.39, 0.29) is 11.1 Å². The van der Waals surface area contributed by atoms with Gasteiger partial charge in [0.1, 0.15) is 0 Å². The molecule has 4 nitrogen and oxygen atoms in total. The molecule has 1 aliphatic rings. The molecule has 1 saturated heterocycles. The number of amides is 2. The summed E-state index contributed by atoms with van der Waals surface area (Å²) in [7, 11) is 0. The lowest BCUT2D eigenvalue weighted by Gasteiger charge is -1.98. The fraction of sp³-hybridized carbons (Fsp3) is 0. The van der Waals surface area contributed by atoms with Crippen molar-refractivity contribution in [2.24, 2.45) is 0 Å². The number of carbonyl (C=O) groups is 2. The lowest BCUT2D eigenvalue weighted by atomic mass is 10.2. The Kier molecular flexibility index (Phi) is 2.60. The number of hydrogen-bond donors (Lipinski definition) is 1. The van der Waals surface area contributed by atoms with Crippen molar-refractivity contribution in [1.29, 1.82) is 0 Å². The molecular weight excluding hydrogens is 248 g/mol. The lowest BCUT2D eigenvalue weighted by Crippen LogP contribution is -2.17. The second-order valence-electron chi connectivity index (χ2n) is 3.78. The number of thioether (sulfide) groups is 1. The summed E-state index contributed by atoms with van der Waals surface area (Å²) in [4.78, 5) is 27.2. The number of hydrogen-bond acceptors (Lipinski definition) is 4. The SMILES string of the molecule is O=C1NC(=O)/C(=C/c2ccc3ccccc3n2)S1. The van der Waals surface area contributed by atoms with Crippen LogP contribution in [0.4, 0.5) is 4.79 Å². The van der Waals surface area contributed by atoms with Crippen LogP contribution in [0.5, 0.6) is 0 Å². The summed E-state index contributed by atoms with van der Waals surface area (Å²) in [5.41, 5.74) is 1.53. The number of nitrogens with one attached hydrogen (secondary N) is 1. The molecule has 2 aromatic rings. The summed E-state index contributed by atoms with van der Waals surface area (Å²) in [6.07, 6.45) is 1.62. The van der Waals surface area contributed by atoms with Crippen molar-refractivity contribution in [3.63, 3.8) is 0 Å². The van der Waals surface area contributed by atoms with Crippen molar-refractivity contribution in [1.82, 2.24) is 10.3 Å². The van der Waals surface area contributed by atoms with Crippen LogP contribution in [0.2, 0.25) is 0 Å². The van der Waals surface area contributed by atoms with E-state index >= 15 is 0 Å². The fourth-order valence-corrected chi connectivity index (χ4v) is 2.38. The second kappa shape index (κ2) is 4.27. The van der Waals surface area contributed by atoms with Gasteiger partial charge in [0.25, 0.3) is 11.1 Å². The molecule has 2 amide bonds. The van der Waals surface area contributed by atoms with Gasteiger partial charge in [0.15, 0.2) is 0 Å². The number of para-hydroxylation sites is 1. The van der Waals surface area contributed by atoms with Gasteiger partial charge in [0, 0.05) is 5.39 Å². The summed E-state index contributed by atoms with van der Waals surface area (Å²) < 4.78 is 0. The van der Waals surface area contributed by atoms with E-state index in [1.54, 1.807) is 6.08 Å². The Bertz CT molecular complexity index is 694. The van der Waals surface area contributed by atoms with Crippen molar-refractivity contribution in [3.8, 4) is 0 Å². The van der Waals surface area contributed by atoms with E-state index in [2.05, 4.69) is 10.3 Å².